The van der Waals surface area contributed by atoms with Crippen molar-refractivity contribution < 1.29 is 28.7 Å². The Kier molecular flexibility index (Phi) is 7.74. The SMILES string of the molecule is O=C1C(=O)N(C2CCOCC2)C(c2ccc(Cl)cc2)/C1=C(\NO)c1cc(F)ccc1OCc1ccccc1. The third-order valence-corrected chi connectivity index (χ3v) is 7.08. The number of nitrogens with one attached hydrogen (secondary N) is 1. The third kappa shape index (κ3) is 5.15. The lowest BCUT2D eigenvalue weighted by molar-refractivity contribution is -0.142. The zero-order chi connectivity index (χ0) is 26.6. The van der Waals surface area contributed by atoms with Crippen LogP contribution in [0.15, 0.2) is 78.4 Å². The maximum atomic E-state index is 14.5. The van der Waals surface area contributed by atoms with Gasteiger partial charge in [-0.25, -0.2) is 4.39 Å². The highest BCUT2D eigenvalue weighted by Crippen LogP contribution is 2.43. The Morgan fingerprint density at radius 2 is 1.76 bits per heavy atom. The summed E-state index contributed by atoms with van der Waals surface area (Å²) in [5.41, 5.74) is 3.63. The summed E-state index contributed by atoms with van der Waals surface area (Å²) in [6.45, 7) is 1.10. The van der Waals surface area contributed by atoms with Gasteiger partial charge in [-0.15, -0.1) is 0 Å². The Morgan fingerprint density at radius 1 is 1.05 bits per heavy atom. The summed E-state index contributed by atoms with van der Waals surface area (Å²) in [6.07, 6.45) is 1.12. The van der Waals surface area contributed by atoms with Gasteiger partial charge in [0.05, 0.1) is 17.3 Å². The van der Waals surface area contributed by atoms with Crippen molar-refractivity contribution in [1.82, 2.24) is 10.4 Å². The summed E-state index contributed by atoms with van der Waals surface area (Å²) >= 11 is 6.12. The molecular weight excluding hydrogens is 511 g/mol. The Hall–Kier alpha value is -3.72. The Labute approximate surface area is 224 Å². The van der Waals surface area contributed by atoms with Gasteiger partial charge in [-0.2, -0.15) is 0 Å². The number of ether oxygens (including phenoxy) is 2. The number of carbonyl (C=O) groups excluding carboxylic acids is 2. The van der Waals surface area contributed by atoms with E-state index in [2.05, 4.69) is 5.48 Å². The number of Topliss-reactive ketones (excluding diaryl/α,β-unsaturated/α-hetero) is 1. The lowest BCUT2D eigenvalue weighted by Crippen LogP contribution is -2.42. The number of amides is 1. The fourth-order valence-corrected chi connectivity index (χ4v) is 5.13. The van der Waals surface area contributed by atoms with Crippen LogP contribution in [-0.4, -0.2) is 41.1 Å². The first-order chi connectivity index (χ1) is 18.5. The van der Waals surface area contributed by atoms with Crippen LogP contribution in [0.25, 0.3) is 5.70 Å². The monoisotopic (exact) mass is 536 g/mol. The molecule has 0 aliphatic carbocycles. The zero-order valence-electron chi connectivity index (χ0n) is 20.4. The molecule has 2 N–H and O–H groups in total. The second-order valence-corrected chi connectivity index (χ2v) is 9.59. The van der Waals surface area contributed by atoms with Gasteiger partial charge in [-0.1, -0.05) is 54.1 Å². The highest BCUT2D eigenvalue weighted by molar-refractivity contribution is 6.47. The van der Waals surface area contributed by atoms with Crippen molar-refractivity contribution >= 4 is 29.0 Å². The summed E-state index contributed by atoms with van der Waals surface area (Å²) in [6, 6.07) is 19.0. The van der Waals surface area contributed by atoms with E-state index in [1.165, 1.54) is 18.2 Å². The summed E-state index contributed by atoms with van der Waals surface area (Å²) in [5, 5.41) is 10.8. The number of likely N-dealkylation sites (tertiary alicyclic amines) is 1. The molecule has 2 aliphatic rings. The fraction of sp³-hybridized carbons (Fsp3) is 0.241. The van der Waals surface area contributed by atoms with Gasteiger partial charge in [0.2, 0.25) is 0 Å². The van der Waals surface area contributed by atoms with Gasteiger partial charge >= 0.3 is 0 Å². The number of carbonyl (C=O) groups is 2. The molecule has 38 heavy (non-hydrogen) atoms. The standard InChI is InChI=1S/C29H26ClFN2O5/c30-20-8-6-19(7-9-20)27-25(28(34)29(35)33(27)22-12-14-37-15-13-22)26(32-36)23-16-21(31)10-11-24(23)38-17-18-4-2-1-3-5-18/h1-11,16,22,27,32,36H,12-15,17H2/b26-25+. The van der Waals surface area contributed by atoms with E-state index in [1.54, 1.807) is 29.2 Å². The van der Waals surface area contributed by atoms with Crippen LogP contribution in [0.1, 0.15) is 35.6 Å². The number of benzene rings is 3. The van der Waals surface area contributed by atoms with Gasteiger partial charge in [0.1, 0.15) is 18.2 Å². The summed E-state index contributed by atoms with van der Waals surface area (Å²) in [5.74, 6) is -1.84. The largest absolute Gasteiger partial charge is 0.488 e. The molecule has 2 heterocycles. The predicted octanol–water partition coefficient (Wildman–Crippen LogP) is 5.08. The molecule has 2 saturated heterocycles. The highest BCUT2D eigenvalue weighted by atomic mass is 35.5. The minimum absolute atomic E-state index is 0.00137. The van der Waals surface area contributed by atoms with Gasteiger partial charge in [0.25, 0.3) is 11.7 Å². The summed E-state index contributed by atoms with van der Waals surface area (Å²) < 4.78 is 26.0. The van der Waals surface area contributed by atoms with E-state index in [1.807, 2.05) is 30.3 Å². The van der Waals surface area contributed by atoms with Crippen molar-refractivity contribution in [2.24, 2.45) is 0 Å². The average Bonchev–Trinajstić information content (AvgIpc) is 3.20. The van der Waals surface area contributed by atoms with E-state index >= 15 is 0 Å². The van der Waals surface area contributed by atoms with E-state index in [-0.39, 0.29) is 35.2 Å². The van der Waals surface area contributed by atoms with Crippen LogP contribution >= 0.6 is 11.6 Å². The molecular formula is C29H26ClFN2O5. The molecule has 0 aromatic heterocycles. The van der Waals surface area contributed by atoms with Crippen LogP contribution in [0.5, 0.6) is 5.75 Å². The summed E-state index contributed by atoms with van der Waals surface area (Å²) in [7, 11) is 0. The van der Waals surface area contributed by atoms with Crippen molar-refractivity contribution in [3.8, 4) is 5.75 Å². The minimum atomic E-state index is -0.838. The average molecular weight is 537 g/mol. The molecule has 1 amide bonds. The third-order valence-electron chi connectivity index (χ3n) is 6.82. The molecule has 7 nitrogen and oxygen atoms in total. The van der Waals surface area contributed by atoms with Crippen LogP contribution in [0.2, 0.25) is 5.02 Å². The number of hydroxylamine groups is 1. The van der Waals surface area contributed by atoms with Crippen LogP contribution in [0.3, 0.4) is 0 Å². The molecule has 3 aromatic rings. The molecule has 3 aromatic carbocycles. The topological polar surface area (TPSA) is 88.1 Å². The maximum Gasteiger partial charge on any atom is 0.295 e. The Morgan fingerprint density at radius 3 is 2.45 bits per heavy atom. The molecule has 5 rings (SSSR count). The predicted molar refractivity (Wildman–Crippen MR) is 139 cm³/mol. The second kappa shape index (κ2) is 11.3. The van der Waals surface area contributed by atoms with E-state index in [4.69, 9.17) is 21.1 Å². The van der Waals surface area contributed by atoms with Crippen LogP contribution in [-0.2, 0) is 20.9 Å². The molecule has 196 valence electrons. The number of ketones is 1. The van der Waals surface area contributed by atoms with Gasteiger partial charge in [0, 0.05) is 29.8 Å². The van der Waals surface area contributed by atoms with Gasteiger partial charge in [-0.3, -0.25) is 20.3 Å². The van der Waals surface area contributed by atoms with Crippen molar-refractivity contribution in [3.05, 3.63) is 106 Å². The number of hydrogen-bond acceptors (Lipinski definition) is 6. The second-order valence-electron chi connectivity index (χ2n) is 9.15. The fourth-order valence-electron chi connectivity index (χ4n) is 5.00. The van der Waals surface area contributed by atoms with E-state index in [0.717, 1.165) is 5.56 Å². The van der Waals surface area contributed by atoms with Crippen molar-refractivity contribution in [2.45, 2.75) is 31.5 Å². The molecule has 2 aliphatic heterocycles. The molecule has 2 fully saturated rings. The van der Waals surface area contributed by atoms with E-state index in [0.29, 0.717) is 36.6 Å². The lowest BCUT2D eigenvalue weighted by Gasteiger charge is -2.35. The Balaban J connectivity index is 1.64. The van der Waals surface area contributed by atoms with E-state index in [9.17, 15) is 19.2 Å². The van der Waals surface area contributed by atoms with E-state index < -0.39 is 23.5 Å². The first-order valence-corrected chi connectivity index (χ1v) is 12.7. The number of hydrogen-bond donors (Lipinski definition) is 2. The molecule has 1 unspecified atom stereocenters. The molecule has 0 saturated carbocycles. The molecule has 0 radical (unpaired) electrons. The highest BCUT2D eigenvalue weighted by Gasteiger charge is 2.49. The van der Waals surface area contributed by atoms with Gasteiger partial charge in [0.15, 0.2) is 0 Å². The van der Waals surface area contributed by atoms with Crippen molar-refractivity contribution in [1.29, 1.82) is 0 Å². The van der Waals surface area contributed by atoms with Gasteiger partial charge in [-0.05, 0) is 54.3 Å². The number of nitrogens with zero attached hydrogens (tertiary/aromatic N) is 1. The van der Waals surface area contributed by atoms with Crippen LogP contribution < -0.4 is 10.2 Å². The van der Waals surface area contributed by atoms with Gasteiger partial charge < -0.3 is 14.4 Å². The van der Waals surface area contributed by atoms with Crippen LogP contribution in [0.4, 0.5) is 4.39 Å². The smallest absolute Gasteiger partial charge is 0.295 e. The quantitative estimate of drug-likeness (QED) is 0.249. The van der Waals surface area contributed by atoms with Crippen molar-refractivity contribution in [2.75, 3.05) is 13.2 Å². The molecule has 0 bridgehead atoms. The molecule has 0 spiro atoms. The van der Waals surface area contributed by atoms with Crippen LogP contribution in [0, 0.1) is 5.82 Å². The normalized spacial score (nSPS) is 19.6. The zero-order valence-corrected chi connectivity index (χ0v) is 21.2. The minimum Gasteiger partial charge on any atom is -0.488 e. The Bertz CT molecular complexity index is 1360. The summed E-state index contributed by atoms with van der Waals surface area (Å²) in [4.78, 5) is 28.6. The lowest BCUT2D eigenvalue weighted by atomic mass is 9.93. The van der Waals surface area contributed by atoms with Crippen molar-refractivity contribution in [3.63, 3.8) is 0 Å². The molecule has 9 heteroatoms. The first kappa shape index (κ1) is 25.9. The molecule has 1 atom stereocenters. The number of halogens is 2. The number of rotatable bonds is 7. The first-order valence-electron chi connectivity index (χ1n) is 12.3. The maximum absolute atomic E-state index is 14.5.